The first-order valence-corrected chi connectivity index (χ1v) is 11.8. The molecule has 2 heterocycles. The number of aryl methyl sites for hydroxylation is 1. The molecule has 2 aliphatic rings. The van der Waals surface area contributed by atoms with Gasteiger partial charge in [-0.25, -0.2) is 4.79 Å². The fourth-order valence-corrected chi connectivity index (χ4v) is 6.08. The Balaban J connectivity index is 1.48. The Bertz CT molecular complexity index is 1120. The lowest BCUT2D eigenvalue weighted by molar-refractivity contribution is 0.0697. The minimum Gasteiger partial charge on any atom is -0.478 e. The lowest BCUT2D eigenvalue weighted by Gasteiger charge is -2.30. The van der Waals surface area contributed by atoms with Crippen LogP contribution in [0.1, 0.15) is 40.9 Å². The normalized spacial score (nSPS) is 19.4. The number of halogens is 1. The molecule has 1 aromatic heterocycles. The standard InChI is InChI=1S/C24H25ClN2O2S/c1-14-23(19-7-6-16(25)12-22(19)30-14)15-5-8-21(20(11-15)24(28)29)27-10-9-18(13-27)26-17-3-2-4-17/h5-8,11-12,17-18,26H,2-4,9-10,13H2,1H3,(H,28,29)/t18-/m1/s1. The monoisotopic (exact) mass is 440 g/mol. The van der Waals surface area contributed by atoms with Gasteiger partial charge in [0.2, 0.25) is 0 Å². The van der Waals surface area contributed by atoms with E-state index in [4.69, 9.17) is 11.6 Å². The smallest absolute Gasteiger partial charge is 0.337 e. The van der Waals surface area contributed by atoms with Gasteiger partial charge in [0.25, 0.3) is 0 Å². The quantitative estimate of drug-likeness (QED) is 0.514. The van der Waals surface area contributed by atoms with Crippen molar-refractivity contribution in [1.29, 1.82) is 0 Å². The zero-order valence-electron chi connectivity index (χ0n) is 17.0. The van der Waals surface area contributed by atoms with Gasteiger partial charge in [0.15, 0.2) is 0 Å². The van der Waals surface area contributed by atoms with Gasteiger partial charge in [-0.1, -0.05) is 30.2 Å². The summed E-state index contributed by atoms with van der Waals surface area (Å²) in [6.07, 6.45) is 4.92. The van der Waals surface area contributed by atoms with Crippen LogP contribution in [0.3, 0.4) is 0 Å². The molecular formula is C24H25ClN2O2S. The van der Waals surface area contributed by atoms with Gasteiger partial charge in [0.1, 0.15) is 0 Å². The van der Waals surface area contributed by atoms with Crippen LogP contribution in [0.5, 0.6) is 0 Å². The van der Waals surface area contributed by atoms with Gasteiger partial charge < -0.3 is 15.3 Å². The lowest BCUT2D eigenvalue weighted by atomic mass is 9.92. The number of anilines is 1. The van der Waals surface area contributed by atoms with E-state index in [1.54, 1.807) is 11.3 Å². The number of carbonyl (C=O) groups is 1. The third-order valence-electron chi connectivity index (χ3n) is 6.45. The second kappa shape index (κ2) is 7.88. The maximum atomic E-state index is 12.2. The molecule has 0 amide bonds. The number of thiophene rings is 1. The van der Waals surface area contributed by atoms with Crippen LogP contribution in [0.25, 0.3) is 21.2 Å². The molecule has 2 fully saturated rings. The topological polar surface area (TPSA) is 52.6 Å². The summed E-state index contributed by atoms with van der Waals surface area (Å²) in [6, 6.07) is 12.9. The second-order valence-electron chi connectivity index (χ2n) is 8.44. The van der Waals surface area contributed by atoms with E-state index in [2.05, 4.69) is 23.2 Å². The Morgan fingerprint density at radius 2 is 2.00 bits per heavy atom. The van der Waals surface area contributed by atoms with Gasteiger partial charge in [-0.05, 0) is 56.0 Å². The minimum atomic E-state index is -0.873. The zero-order chi connectivity index (χ0) is 20.8. The number of carboxylic acid groups (broad SMARTS) is 1. The summed E-state index contributed by atoms with van der Waals surface area (Å²) in [6.45, 7) is 3.84. The first kappa shape index (κ1) is 19.9. The molecule has 3 aromatic rings. The molecule has 6 heteroatoms. The molecule has 1 saturated carbocycles. The molecule has 0 bridgehead atoms. The first-order chi connectivity index (χ1) is 14.5. The maximum absolute atomic E-state index is 12.2. The Hall–Kier alpha value is -2.08. The number of rotatable bonds is 5. The zero-order valence-corrected chi connectivity index (χ0v) is 18.5. The van der Waals surface area contributed by atoms with Gasteiger partial charge in [-0.2, -0.15) is 0 Å². The molecule has 0 spiro atoms. The van der Waals surface area contributed by atoms with Crippen molar-refractivity contribution in [2.45, 2.75) is 44.7 Å². The van der Waals surface area contributed by atoms with Crippen LogP contribution in [0, 0.1) is 6.92 Å². The summed E-state index contributed by atoms with van der Waals surface area (Å²) in [7, 11) is 0. The van der Waals surface area contributed by atoms with Crippen molar-refractivity contribution in [2.24, 2.45) is 0 Å². The summed E-state index contributed by atoms with van der Waals surface area (Å²) in [4.78, 5) is 15.5. The molecule has 5 rings (SSSR count). The van der Waals surface area contributed by atoms with Crippen LogP contribution in [0.15, 0.2) is 36.4 Å². The molecule has 156 valence electrons. The van der Waals surface area contributed by atoms with Crippen LogP contribution in [-0.4, -0.2) is 36.2 Å². The Morgan fingerprint density at radius 1 is 1.17 bits per heavy atom. The number of carboxylic acids is 1. The highest BCUT2D eigenvalue weighted by atomic mass is 35.5. The first-order valence-electron chi connectivity index (χ1n) is 10.6. The molecule has 0 unspecified atom stereocenters. The molecular weight excluding hydrogens is 416 g/mol. The average molecular weight is 441 g/mol. The van der Waals surface area contributed by atoms with Crippen LogP contribution in [-0.2, 0) is 0 Å². The Morgan fingerprint density at radius 3 is 2.73 bits per heavy atom. The molecule has 1 saturated heterocycles. The molecule has 1 aliphatic heterocycles. The van der Waals surface area contributed by atoms with E-state index in [0.717, 1.165) is 51.4 Å². The van der Waals surface area contributed by atoms with Crippen molar-refractivity contribution < 1.29 is 9.90 Å². The van der Waals surface area contributed by atoms with Crippen molar-refractivity contribution in [3.63, 3.8) is 0 Å². The predicted octanol–water partition coefficient (Wildman–Crippen LogP) is 5.95. The number of nitrogens with one attached hydrogen (secondary N) is 1. The van der Waals surface area contributed by atoms with Crippen LogP contribution in [0.2, 0.25) is 5.02 Å². The molecule has 30 heavy (non-hydrogen) atoms. The van der Waals surface area contributed by atoms with Gasteiger partial charge in [0.05, 0.1) is 11.3 Å². The summed E-state index contributed by atoms with van der Waals surface area (Å²) in [5.74, 6) is -0.873. The van der Waals surface area contributed by atoms with Crippen molar-refractivity contribution in [1.82, 2.24) is 5.32 Å². The molecule has 1 aliphatic carbocycles. The molecule has 1 atom stereocenters. The third kappa shape index (κ3) is 3.59. The summed E-state index contributed by atoms with van der Waals surface area (Å²) in [5.41, 5.74) is 3.26. The van der Waals surface area contributed by atoms with E-state index in [1.807, 2.05) is 30.3 Å². The second-order valence-corrected chi connectivity index (χ2v) is 10.1. The fourth-order valence-electron chi connectivity index (χ4n) is 4.71. The number of hydrogen-bond donors (Lipinski definition) is 2. The van der Waals surface area contributed by atoms with Crippen LogP contribution >= 0.6 is 22.9 Å². The maximum Gasteiger partial charge on any atom is 0.337 e. The minimum absolute atomic E-state index is 0.379. The summed E-state index contributed by atoms with van der Waals surface area (Å²) < 4.78 is 1.13. The van der Waals surface area contributed by atoms with Crippen LogP contribution in [0.4, 0.5) is 5.69 Å². The number of fused-ring (bicyclic) bond motifs is 1. The van der Waals surface area contributed by atoms with E-state index < -0.39 is 5.97 Å². The highest BCUT2D eigenvalue weighted by molar-refractivity contribution is 7.19. The van der Waals surface area contributed by atoms with E-state index in [0.29, 0.717) is 17.6 Å². The third-order valence-corrected chi connectivity index (χ3v) is 7.75. The van der Waals surface area contributed by atoms with Crippen molar-refractivity contribution >= 4 is 44.7 Å². The van der Waals surface area contributed by atoms with Gasteiger partial charge in [0, 0.05) is 50.7 Å². The van der Waals surface area contributed by atoms with E-state index >= 15 is 0 Å². The van der Waals surface area contributed by atoms with Crippen molar-refractivity contribution in [2.75, 3.05) is 18.0 Å². The van der Waals surface area contributed by atoms with E-state index in [1.165, 1.54) is 24.1 Å². The summed E-state index contributed by atoms with van der Waals surface area (Å²) >= 11 is 7.86. The van der Waals surface area contributed by atoms with E-state index in [-0.39, 0.29) is 0 Å². The number of nitrogens with zero attached hydrogens (tertiary/aromatic N) is 1. The Kier molecular flexibility index (Phi) is 5.21. The highest BCUT2D eigenvalue weighted by Gasteiger charge is 2.29. The number of benzene rings is 2. The number of hydrogen-bond acceptors (Lipinski definition) is 4. The molecule has 2 N–H and O–H groups in total. The molecule has 2 aromatic carbocycles. The SMILES string of the molecule is Cc1sc2cc(Cl)ccc2c1-c1ccc(N2CC[C@@H](NC3CCC3)C2)c(C(=O)O)c1. The van der Waals surface area contributed by atoms with Gasteiger partial charge >= 0.3 is 5.97 Å². The predicted molar refractivity (Wildman–Crippen MR) is 125 cm³/mol. The molecule has 0 radical (unpaired) electrons. The van der Waals surface area contributed by atoms with Gasteiger partial charge in [-0.3, -0.25) is 0 Å². The Labute approximate surface area is 185 Å². The van der Waals surface area contributed by atoms with Gasteiger partial charge in [-0.15, -0.1) is 11.3 Å². The van der Waals surface area contributed by atoms with Crippen molar-refractivity contribution in [3.8, 4) is 11.1 Å². The lowest BCUT2D eigenvalue weighted by Crippen LogP contribution is -2.43. The number of aromatic carboxylic acids is 1. The van der Waals surface area contributed by atoms with E-state index in [9.17, 15) is 9.90 Å². The summed E-state index contributed by atoms with van der Waals surface area (Å²) in [5, 5.41) is 15.5. The largest absolute Gasteiger partial charge is 0.478 e. The molecule has 4 nitrogen and oxygen atoms in total. The highest BCUT2D eigenvalue weighted by Crippen LogP contribution is 2.41. The average Bonchev–Trinajstić information content (AvgIpc) is 3.27. The van der Waals surface area contributed by atoms with Crippen LogP contribution < -0.4 is 10.2 Å². The fraction of sp³-hybridized carbons (Fsp3) is 0.375. The van der Waals surface area contributed by atoms with Crippen molar-refractivity contribution in [3.05, 3.63) is 51.9 Å².